The third kappa shape index (κ3) is 8.07. The summed E-state index contributed by atoms with van der Waals surface area (Å²) in [6.07, 6.45) is -11.5. The van der Waals surface area contributed by atoms with Crippen molar-refractivity contribution in [3.8, 4) is 0 Å². The molecule has 0 aliphatic heterocycles. The molecule has 1 amide bonds. The van der Waals surface area contributed by atoms with Gasteiger partial charge in [0.05, 0.1) is 6.42 Å². The van der Waals surface area contributed by atoms with Gasteiger partial charge in [-0.05, 0) is 0 Å². The van der Waals surface area contributed by atoms with Gasteiger partial charge >= 0.3 is 12.4 Å². The molecule has 0 heterocycles. The third-order valence-corrected chi connectivity index (χ3v) is 1.46. The molecule has 0 unspecified atom stereocenters. The van der Waals surface area contributed by atoms with Crippen LogP contribution in [-0.2, 0) is 4.79 Å². The fraction of sp³-hybridized carbons (Fsp3) is 0.857. The van der Waals surface area contributed by atoms with Crippen LogP contribution in [0.25, 0.3) is 0 Å². The SMILES string of the molecule is CN(CC(F)(F)F)C(=O)CCC(F)(F)F. The van der Waals surface area contributed by atoms with Crippen LogP contribution in [0.15, 0.2) is 0 Å². The standard InChI is InChI=1S/C7H9F6NO/c1-14(4-7(11,12)13)5(15)2-3-6(8,9)10/h2-4H2,1H3. The quantitative estimate of drug-likeness (QED) is 0.690. The lowest BCUT2D eigenvalue weighted by Crippen LogP contribution is -2.36. The summed E-state index contributed by atoms with van der Waals surface area (Å²) in [6.45, 7) is -1.54. The molecule has 0 saturated carbocycles. The van der Waals surface area contributed by atoms with E-state index in [0.29, 0.717) is 0 Å². The first-order valence-corrected chi connectivity index (χ1v) is 3.89. The average Bonchev–Trinajstić information content (AvgIpc) is 1.95. The Bertz CT molecular complexity index is 221. The summed E-state index contributed by atoms with van der Waals surface area (Å²) in [6, 6.07) is 0. The normalized spacial score (nSPS) is 12.7. The Labute approximate surface area is 81.8 Å². The molecule has 0 aliphatic carbocycles. The largest absolute Gasteiger partial charge is 0.406 e. The van der Waals surface area contributed by atoms with E-state index in [2.05, 4.69) is 0 Å². The summed E-state index contributed by atoms with van der Waals surface area (Å²) >= 11 is 0. The molecule has 0 aromatic rings. The molecule has 0 rings (SSSR count). The highest BCUT2D eigenvalue weighted by Gasteiger charge is 2.33. The van der Waals surface area contributed by atoms with Crippen LogP contribution in [0.1, 0.15) is 12.8 Å². The van der Waals surface area contributed by atoms with E-state index in [9.17, 15) is 31.1 Å². The summed E-state index contributed by atoms with van der Waals surface area (Å²) in [5, 5.41) is 0. The van der Waals surface area contributed by atoms with Crippen LogP contribution in [0.4, 0.5) is 26.3 Å². The Morgan fingerprint density at radius 1 is 1.07 bits per heavy atom. The van der Waals surface area contributed by atoms with Gasteiger partial charge in [-0.2, -0.15) is 26.3 Å². The molecule has 0 aromatic carbocycles. The minimum atomic E-state index is -4.59. The van der Waals surface area contributed by atoms with Gasteiger partial charge in [-0.15, -0.1) is 0 Å². The molecule has 90 valence electrons. The second-order valence-electron chi connectivity index (χ2n) is 2.98. The van der Waals surface area contributed by atoms with Gasteiger partial charge in [0.2, 0.25) is 5.91 Å². The molecule has 0 fully saturated rings. The number of carbonyl (C=O) groups excluding carboxylic acids is 1. The first-order valence-electron chi connectivity index (χ1n) is 3.89. The summed E-state index contributed by atoms with van der Waals surface area (Å²) in [5.41, 5.74) is 0. The van der Waals surface area contributed by atoms with Gasteiger partial charge in [0.1, 0.15) is 6.54 Å². The Morgan fingerprint density at radius 3 is 1.87 bits per heavy atom. The second kappa shape index (κ2) is 4.71. The van der Waals surface area contributed by atoms with Crippen molar-refractivity contribution in [3.63, 3.8) is 0 Å². The number of hydrogen-bond acceptors (Lipinski definition) is 1. The van der Waals surface area contributed by atoms with E-state index in [0.717, 1.165) is 7.05 Å². The third-order valence-electron chi connectivity index (χ3n) is 1.46. The van der Waals surface area contributed by atoms with Gasteiger partial charge in [0, 0.05) is 13.5 Å². The Morgan fingerprint density at radius 2 is 1.53 bits per heavy atom. The maximum absolute atomic E-state index is 11.7. The summed E-state index contributed by atoms with van der Waals surface area (Å²) in [5.74, 6) is -1.18. The molecule has 0 N–H and O–H groups in total. The lowest BCUT2D eigenvalue weighted by atomic mass is 10.3. The first-order chi connectivity index (χ1) is 6.51. The minimum absolute atomic E-state index is 0.228. The maximum Gasteiger partial charge on any atom is 0.406 e. The van der Waals surface area contributed by atoms with Gasteiger partial charge in [0.25, 0.3) is 0 Å². The highest BCUT2D eigenvalue weighted by atomic mass is 19.4. The molecule has 15 heavy (non-hydrogen) atoms. The van der Waals surface area contributed by atoms with Crippen LogP contribution in [-0.4, -0.2) is 36.8 Å². The van der Waals surface area contributed by atoms with Crippen molar-refractivity contribution in [3.05, 3.63) is 0 Å². The Hall–Kier alpha value is -0.950. The summed E-state index contributed by atoms with van der Waals surface area (Å²) < 4.78 is 70.0. The van der Waals surface area contributed by atoms with Crippen LogP contribution in [0.5, 0.6) is 0 Å². The van der Waals surface area contributed by atoms with Crippen LogP contribution in [0, 0.1) is 0 Å². The predicted octanol–water partition coefficient (Wildman–Crippen LogP) is 2.35. The monoisotopic (exact) mass is 237 g/mol. The van der Waals surface area contributed by atoms with Crippen molar-refractivity contribution in [2.24, 2.45) is 0 Å². The van der Waals surface area contributed by atoms with E-state index in [1.807, 2.05) is 0 Å². The molecule has 8 heteroatoms. The van der Waals surface area contributed by atoms with E-state index < -0.39 is 37.6 Å². The molecule has 0 radical (unpaired) electrons. The number of halogens is 6. The zero-order valence-electron chi connectivity index (χ0n) is 7.74. The topological polar surface area (TPSA) is 20.3 Å². The number of nitrogens with zero attached hydrogens (tertiary/aromatic N) is 1. The van der Waals surface area contributed by atoms with Gasteiger partial charge in [-0.3, -0.25) is 4.79 Å². The number of hydrogen-bond donors (Lipinski definition) is 0. The predicted molar refractivity (Wildman–Crippen MR) is 39.0 cm³/mol. The zero-order chi connectivity index (χ0) is 12.3. The van der Waals surface area contributed by atoms with Gasteiger partial charge in [0.15, 0.2) is 0 Å². The fourth-order valence-corrected chi connectivity index (χ4v) is 0.797. The van der Waals surface area contributed by atoms with E-state index >= 15 is 0 Å². The lowest BCUT2D eigenvalue weighted by Gasteiger charge is -2.19. The molecule has 0 bridgehead atoms. The van der Waals surface area contributed by atoms with Crippen molar-refractivity contribution in [2.75, 3.05) is 13.6 Å². The highest BCUT2D eigenvalue weighted by molar-refractivity contribution is 5.75. The van der Waals surface area contributed by atoms with Crippen molar-refractivity contribution < 1.29 is 31.1 Å². The van der Waals surface area contributed by atoms with Crippen LogP contribution < -0.4 is 0 Å². The van der Waals surface area contributed by atoms with Crippen molar-refractivity contribution in [1.29, 1.82) is 0 Å². The molecule has 0 aromatic heterocycles. The molecule has 0 atom stereocenters. The number of rotatable bonds is 3. The summed E-state index contributed by atoms with van der Waals surface area (Å²) in [7, 11) is 0.812. The molecule has 0 saturated heterocycles. The van der Waals surface area contributed by atoms with Crippen molar-refractivity contribution in [2.45, 2.75) is 25.2 Å². The van der Waals surface area contributed by atoms with Gasteiger partial charge in [-0.1, -0.05) is 0 Å². The number of amides is 1. The fourth-order valence-electron chi connectivity index (χ4n) is 0.797. The van der Waals surface area contributed by atoms with E-state index in [4.69, 9.17) is 0 Å². The van der Waals surface area contributed by atoms with Crippen LogP contribution >= 0.6 is 0 Å². The van der Waals surface area contributed by atoms with E-state index in [1.165, 1.54) is 0 Å². The molecule has 0 aliphatic rings. The Balaban J connectivity index is 4.01. The zero-order valence-corrected chi connectivity index (χ0v) is 7.74. The van der Waals surface area contributed by atoms with Crippen molar-refractivity contribution >= 4 is 5.91 Å². The van der Waals surface area contributed by atoms with Gasteiger partial charge < -0.3 is 4.90 Å². The van der Waals surface area contributed by atoms with Gasteiger partial charge in [-0.25, -0.2) is 0 Å². The Kier molecular flexibility index (Phi) is 4.42. The first kappa shape index (κ1) is 14.1. The van der Waals surface area contributed by atoms with Crippen molar-refractivity contribution in [1.82, 2.24) is 4.90 Å². The molecular weight excluding hydrogens is 228 g/mol. The molecule has 0 spiro atoms. The number of carbonyl (C=O) groups is 1. The highest BCUT2D eigenvalue weighted by Crippen LogP contribution is 2.22. The molecular formula is C7H9F6NO. The number of alkyl halides is 6. The van der Waals surface area contributed by atoms with Crippen LogP contribution in [0.3, 0.4) is 0 Å². The smallest absolute Gasteiger partial charge is 0.337 e. The van der Waals surface area contributed by atoms with E-state index in [-0.39, 0.29) is 4.90 Å². The lowest BCUT2D eigenvalue weighted by molar-refractivity contribution is -0.163. The van der Waals surface area contributed by atoms with Crippen LogP contribution in [0.2, 0.25) is 0 Å². The minimum Gasteiger partial charge on any atom is -0.337 e. The molecule has 2 nitrogen and oxygen atoms in total. The maximum atomic E-state index is 11.7. The summed E-state index contributed by atoms with van der Waals surface area (Å²) in [4.78, 5) is 11.0. The average molecular weight is 237 g/mol. The van der Waals surface area contributed by atoms with E-state index in [1.54, 1.807) is 0 Å². The second-order valence-corrected chi connectivity index (χ2v) is 2.98.